The van der Waals surface area contributed by atoms with Crippen LogP contribution in [0.2, 0.25) is 0 Å². The maximum atomic E-state index is 12.0. The molecule has 1 fully saturated rings. The van der Waals surface area contributed by atoms with E-state index in [4.69, 9.17) is 21.9 Å². The molecule has 1 rings (SSSR count). The van der Waals surface area contributed by atoms with Crippen molar-refractivity contribution in [2.45, 2.75) is 19.8 Å². The number of esters is 1. The molecule has 6 N–H and O–H groups in total. The lowest BCUT2D eigenvalue weighted by Gasteiger charge is -2.30. The molecule has 0 bridgehead atoms. The first-order valence-electron chi connectivity index (χ1n) is 11.1. The van der Waals surface area contributed by atoms with Gasteiger partial charge in [-0.05, 0) is 39.4 Å². The molecule has 184 valence electrons. The van der Waals surface area contributed by atoms with Crippen molar-refractivity contribution in [2.24, 2.45) is 17.2 Å². The van der Waals surface area contributed by atoms with Crippen LogP contribution in [-0.4, -0.2) is 128 Å². The molecule has 1 saturated heterocycles. The average molecular weight is 458 g/mol. The second-order valence-electron chi connectivity index (χ2n) is 8.02. The Kier molecular flexibility index (Phi) is 13.5. The van der Waals surface area contributed by atoms with Gasteiger partial charge in [0.2, 0.25) is 17.7 Å². The highest BCUT2D eigenvalue weighted by atomic mass is 16.5. The van der Waals surface area contributed by atoms with E-state index >= 15 is 0 Å². The summed E-state index contributed by atoms with van der Waals surface area (Å²) in [4.78, 5) is 54.3. The molecule has 3 amide bonds. The monoisotopic (exact) mass is 457 g/mol. The maximum absolute atomic E-state index is 12.0. The first kappa shape index (κ1) is 27.8. The molecule has 32 heavy (non-hydrogen) atoms. The van der Waals surface area contributed by atoms with Gasteiger partial charge in [0.25, 0.3) is 0 Å². The zero-order valence-electron chi connectivity index (χ0n) is 19.2. The van der Waals surface area contributed by atoms with Gasteiger partial charge in [-0.3, -0.25) is 38.8 Å². The summed E-state index contributed by atoms with van der Waals surface area (Å²) in [6, 6.07) is 0. The van der Waals surface area contributed by atoms with E-state index in [-0.39, 0.29) is 32.1 Å². The molecule has 0 aromatic rings. The molecular formula is C20H39N7O5. The molecule has 12 heteroatoms. The fraction of sp³-hybridized carbons (Fsp3) is 0.800. The highest BCUT2D eigenvalue weighted by Crippen LogP contribution is 2.03. The molecule has 0 aromatic carbocycles. The summed E-state index contributed by atoms with van der Waals surface area (Å²) in [7, 11) is 0. The average Bonchev–Trinajstić information content (AvgIpc) is 2.67. The van der Waals surface area contributed by atoms with E-state index < -0.39 is 17.7 Å². The number of hydrogen-bond donors (Lipinski definition) is 3. The number of hydrogen-bond acceptors (Lipinski definition) is 9. The van der Waals surface area contributed by atoms with Gasteiger partial charge >= 0.3 is 5.97 Å². The molecule has 1 aliphatic heterocycles. The van der Waals surface area contributed by atoms with Crippen molar-refractivity contribution in [1.29, 1.82) is 0 Å². The minimum absolute atomic E-state index is 0.119. The third-order valence-electron chi connectivity index (χ3n) is 5.16. The van der Waals surface area contributed by atoms with E-state index in [1.54, 1.807) is 6.92 Å². The molecule has 0 spiro atoms. The summed E-state index contributed by atoms with van der Waals surface area (Å²) >= 11 is 0. The van der Waals surface area contributed by atoms with Crippen molar-refractivity contribution < 1.29 is 23.9 Å². The molecule has 0 saturated carbocycles. The summed E-state index contributed by atoms with van der Waals surface area (Å²) in [5.74, 6) is -1.56. The minimum Gasteiger partial charge on any atom is -0.465 e. The number of primary amides is 3. The summed E-state index contributed by atoms with van der Waals surface area (Å²) in [5, 5.41) is 0. The highest BCUT2D eigenvalue weighted by Gasteiger charge is 2.18. The fourth-order valence-corrected chi connectivity index (χ4v) is 3.73. The Balaban J connectivity index is 2.90. The van der Waals surface area contributed by atoms with Crippen molar-refractivity contribution in [3.63, 3.8) is 0 Å². The Bertz CT molecular complexity index is 619. The van der Waals surface area contributed by atoms with E-state index in [1.807, 2.05) is 19.6 Å². The van der Waals surface area contributed by atoms with Gasteiger partial charge in [0.05, 0.1) is 32.8 Å². The minimum atomic E-state index is -0.420. The van der Waals surface area contributed by atoms with E-state index in [9.17, 15) is 19.2 Å². The largest absolute Gasteiger partial charge is 0.465 e. The first-order chi connectivity index (χ1) is 15.2. The van der Waals surface area contributed by atoms with E-state index in [0.29, 0.717) is 71.8 Å². The lowest BCUT2D eigenvalue weighted by Crippen LogP contribution is -2.46. The SMILES string of the molecule is CCOC(=O)CN1CCCN(CC(N)=O)CCN(CC(N)=O)CCCN(CC(N)=O)CC1. The van der Waals surface area contributed by atoms with Crippen LogP contribution in [0, 0.1) is 0 Å². The Morgan fingerprint density at radius 2 is 0.906 bits per heavy atom. The van der Waals surface area contributed by atoms with E-state index in [2.05, 4.69) is 0 Å². The maximum Gasteiger partial charge on any atom is 0.320 e. The zero-order chi connectivity index (χ0) is 23.9. The second kappa shape index (κ2) is 15.5. The van der Waals surface area contributed by atoms with E-state index in [0.717, 1.165) is 0 Å². The number of amides is 3. The molecular weight excluding hydrogens is 418 g/mol. The summed E-state index contributed by atoms with van der Waals surface area (Å²) in [6.45, 7) is 7.26. The van der Waals surface area contributed by atoms with Crippen molar-refractivity contribution >= 4 is 23.7 Å². The van der Waals surface area contributed by atoms with Crippen LogP contribution in [-0.2, 0) is 23.9 Å². The predicted molar refractivity (Wildman–Crippen MR) is 119 cm³/mol. The number of carbonyl (C=O) groups excluding carboxylic acids is 4. The van der Waals surface area contributed by atoms with Gasteiger partial charge in [0.1, 0.15) is 0 Å². The van der Waals surface area contributed by atoms with Gasteiger partial charge in [-0.1, -0.05) is 0 Å². The smallest absolute Gasteiger partial charge is 0.320 e. The van der Waals surface area contributed by atoms with Crippen LogP contribution in [0.15, 0.2) is 0 Å². The van der Waals surface area contributed by atoms with E-state index in [1.165, 1.54) is 0 Å². The number of nitrogens with two attached hydrogens (primary N) is 3. The number of carbonyl (C=O) groups is 4. The standard InChI is InChI=1S/C20H39N7O5/c1-2-32-20(31)16-27-8-4-7-25(14-18(22)29)10-9-24(13-17(21)28)5-3-6-26(11-12-27)15-19(23)30/h2-16H2,1H3,(H2,21,28)(H2,22,29)(H2,23,30). The van der Waals surface area contributed by atoms with Crippen LogP contribution in [0.5, 0.6) is 0 Å². The van der Waals surface area contributed by atoms with Gasteiger partial charge in [0, 0.05) is 32.7 Å². The highest BCUT2D eigenvalue weighted by molar-refractivity contribution is 5.76. The van der Waals surface area contributed by atoms with Crippen LogP contribution >= 0.6 is 0 Å². The van der Waals surface area contributed by atoms with Gasteiger partial charge < -0.3 is 21.9 Å². The van der Waals surface area contributed by atoms with Gasteiger partial charge in [-0.2, -0.15) is 0 Å². The molecule has 0 radical (unpaired) electrons. The van der Waals surface area contributed by atoms with Crippen molar-refractivity contribution in [2.75, 3.05) is 85.1 Å². The van der Waals surface area contributed by atoms with Crippen LogP contribution in [0.4, 0.5) is 0 Å². The summed E-state index contributed by atoms with van der Waals surface area (Å²) in [6.07, 6.45) is 1.41. The molecule has 0 aromatic heterocycles. The lowest BCUT2D eigenvalue weighted by molar-refractivity contribution is -0.144. The van der Waals surface area contributed by atoms with Crippen LogP contribution in [0.3, 0.4) is 0 Å². The molecule has 1 heterocycles. The van der Waals surface area contributed by atoms with Gasteiger partial charge in [-0.15, -0.1) is 0 Å². The third kappa shape index (κ3) is 13.2. The predicted octanol–water partition coefficient (Wildman–Crippen LogP) is -2.99. The first-order valence-corrected chi connectivity index (χ1v) is 11.1. The molecule has 0 unspecified atom stereocenters. The number of nitrogens with zero attached hydrogens (tertiary/aromatic N) is 4. The van der Waals surface area contributed by atoms with Crippen molar-refractivity contribution in [3.8, 4) is 0 Å². The molecule has 12 nitrogen and oxygen atoms in total. The quantitative estimate of drug-likeness (QED) is 0.306. The Morgan fingerprint density at radius 3 is 1.19 bits per heavy atom. The summed E-state index contributed by atoms with van der Waals surface area (Å²) in [5.41, 5.74) is 16.2. The lowest BCUT2D eigenvalue weighted by atomic mass is 10.2. The third-order valence-corrected chi connectivity index (χ3v) is 5.16. The fourth-order valence-electron chi connectivity index (χ4n) is 3.73. The van der Waals surface area contributed by atoms with Crippen LogP contribution in [0.1, 0.15) is 19.8 Å². The number of ether oxygens (including phenoxy) is 1. The Morgan fingerprint density at radius 1 is 0.594 bits per heavy atom. The Labute approximate surface area is 189 Å². The Hall–Kier alpha value is -2.28. The van der Waals surface area contributed by atoms with Gasteiger partial charge in [0.15, 0.2) is 0 Å². The topological polar surface area (TPSA) is 169 Å². The molecule has 0 aliphatic carbocycles. The van der Waals surface area contributed by atoms with Crippen molar-refractivity contribution in [1.82, 2.24) is 19.6 Å². The van der Waals surface area contributed by atoms with Crippen LogP contribution < -0.4 is 17.2 Å². The summed E-state index contributed by atoms with van der Waals surface area (Å²) < 4.78 is 5.08. The molecule has 1 aliphatic rings. The normalized spacial score (nSPS) is 19.2. The zero-order valence-corrected chi connectivity index (χ0v) is 19.2. The van der Waals surface area contributed by atoms with Crippen LogP contribution in [0.25, 0.3) is 0 Å². The van der Waals surface area contributed by atoms with Gasteiger partial charge in [-0.25, -0.2) is 0 Å². The van der Waals surface area contributed by atoms with Crippen molar-refractivity contribution in [3.05, 3.63) is 0 Å². The number of rotatable bonds is 9. The second-order valence-corrected chi connectivity index (χ2v) is 8.02. The molecule has 0 atom stereocenters.